The van der Waals surface area contributed by atoms with Crippen molar-refractivity contribution in [2.45, 2.75) is 26.1 Å². The van der Waals surface area contributed by atoms with Crippen molar-refractivity contribution < 1.29 is 18.4 Å². The van der Waals surface area contributed by atoms with Crippen LogP contribution in [0.3, 0.4) is 0 Å². The van der Waals surface area contributed by atoms with Gasteiger partial charge in [0.1, 0.15) is 11.9 Å². The molecule has 1 rings (SSSR count). The van der Waals surface area contributed by atoms with Crippen molar-refractivity contribution in [2.75, 3.05) is 27.7 Å². The quantitative estimate of drug-likeness (QED) is 0.785. The van der Waals surface area contributed by atoms with Crippen molar-refractivity contribution in [1.29, 1.82) is 0 Å². The number of halogens is 2. The first kappa shape index (κ1) is 18.0. The average molecular weight is 317 g/mol. The van der Waals surface area contributed by atoms with E-state index in [1.807, 2.05) is 0 Å². The van der Waals surface area contributed by atoms with Gasteiger partial charge >= 0.3 is 6.55 Å². The van der Waals surface area contributed by atoms with E-state index in [2.05, 4.69) is 10.3 Å². The summed E-state index contributed by atoms with van der Waals surface area (Å²) in [5.74, 6) is -0.410. The molecule has 0 saturated carbocycles. The number of rotatable bonds is 7. The van der Waals surface area contributed by atoms with E-state index in [0.29, 0.717) is 0 Å². The molecular formula is C13H21F2N5O2. The summed E-state index contributed by atoms with van der Waals surface area (Å²) in [5.41, 5.74) is 0. The van der Waals surface area contributed by atoms with Gasteiger partial charge in [-0.25, -0.2) is 4.98 Å². The van der Waals surface area contributed by atoms with Crippen molar-refractivity contribution in [3.05, 3.63) is 18.2 Å². The largest absolute Gasteiger partial charge is 0.347 e. The van der Waals surface area contributed by atoms with E-state index in [-0.39, 0.29) is 30.7 Å². The predicted molar refractivity (Wildman–Crippen MR) is 76.1 cm³/mol. The van der Waals surface area contributed by atoms with Gasteiger partial charge in [0, 0.05) is 26.5 Å². The molecule has 22 heavy (non-hydrogen) atoms. The molecule has 0 aliphatic heterocycles. The smallest absolute Gasteiger partial charge is 0.319 e. The summed E-state index contributed by atoms with van der Waals surface area (Å²) < 4.78 is 26.1. The van der Waals surface area contributed by atoms with Crippen LogP contribution < -0.4 is 5.32 Å². The molecule has 0 aromatic carbocycles. The van der Waals surface area contributed by atoms with E-state index >= 15 is 0 Å². The maximum atomic E-state index is 12.7. The van der Waals surface area contributed by atoms with Gasteiger partial charge in [-0.05, 0) is 14.0 Å². The number of hydrogen-bond donors (Lipinski definition) is 1. The van der Waals surface area contributed by atoms with Crippen LogP contribution in [-0.4, -0.2) is 64.9 Å². The predicted octanol–water partition coefficient (Wildman–Crippen LogP) is 0.303. The van der Waals surface area contributed by atoms with Gasteiger partial charge in [0.2, 0.25) is 11.8 Å². The third-order valence-electron chi connectivity index (χ3n) is 2.97. The molecule has 1 atom stereocenters. The Morgan fingerprint density at radius 2 is 2.00 bits per heavy atom. The van der Waals surface area contributed by atoms with Crippen molar-refractivity contribution in [3.63, 3.8) is 0 Å². The first-order chi connectivity index (χ1) is 10.2. The Bertz CT molecular complexity index is 518. The zero-order chi connectivity index (χ0) is 16.9. The third-order valence-corrected chi connectivity index (χ3v) is 2.97. The van der Waals surface area contributed by atoms with Crippen LogP contribution in [0.1, 0.15) is 19.3 Å². The number of nitrogens with one attached hydrogen (secondary N) is 1. The Labute approximate surface area is 127 Å². The lowest BCUT2D eigenvalue weighted by molar-refractivity contribution is -0.134. The van der Waals surface area contributed by atoms with Gasteiger partial charge in [-0.1, -0.05) is 0 Å². The molecule has 0 radical (unpaired) electrons. The lowest BCUT2D eigenvalue weighted by atomic mass is 10.3. The van der Waals surface area contributed by atoms with Crippen LogP contribution in [0.2, 0.25) is 0 Å². The molecule has 0 bridgehead atoms. The summed E-state index contributed by atoms with van der Waals surface area (Å²) in [6.45, 7) is -1.01. The SMILES string of the molecule is CC(NC(=O)CN(C)Cc1nccn1C(F)F)C(=O)N(C)C. The summed E-state index contributed by atoms with van der Waals surface area (Å²) in [7, 11) is 4.81. The highest BCUT2D eigenvalue weighted by molar-refractivity contribution is 5.87. The van der Waals surface area contributed by atoms with E-state index in [4.69, 9.17) is 0 Å². The van der Waals surface area contributed by atoms with Crippen LogP contribution in [0.4, 0.5) is 8.78 Å². The fourth-order valence-electron chi connectivity index (χ4n) is 1.92. The topological polar surface area (TPSA) is 70.5 Å². The van der Waals surface area contributed by atoms with Gasteiger partial charge in [-0.2, -0.15) is 8.78 Å². The summed E-state index contributed by atoms with van der Waals surface area (Å²) in [6.07, 6.45) is 2.47. The van der Waals surface area contributed by atoms with Gasteiger partial charge < -0.3 is 10.2 Å². The minimum Gasteiger partial charge on any atom is -0.347 e. The molecule has 1 aromatic heterocycles. The second kappa shape index (κ2) is 7.83. The lowest BCUT2D eigenvalue weighted by Gasteiger charge is -2.20. The summed E-state index contributed by atoms with van der Waals surface area (Å²) in [4.78, 5) is 30.3. The molecule has 0 saturated heterocycles. The van der Waals surface area contributed by atoms with E-state index < -0.39 is 12.6 Å². The van der Waals surface area contributed by atoms with Crippen LogP contribution in [-0.2, 0) is 16.1 Å². The molecule has 0 aliphatic rings. The molecule has 1 N–H and O–H groups in total. The molecule has 0 spiro atoms. The Balaban J connectivity index is 2.51. The summed E-state index contributed by atoms with van der Waals surface area (Å²) in [6, 6.07) is -0.640. The van der Waals surface area contributed by atoms with Crippen LogP contribution in [0, 0.1) is 0 Å². The number of aromatic nitrogens is 2. The average Bonchev–Trinajstić information content (AvgIpc) is 2.85. The van der Waals surface area contributed by atoms with E-state index in [9.17, 15) is 18.4 Å². The molecule has 2 amide bonds. The molecule has 7 nitrogen and oxygen atoms in total. The Morgan fingerprint density at radius 1 is 1.36 bits per heavy atom. The molecule has 1 unspecified atom stereocenters. The van der Waals surface area contributed by atoms with Crippen molar-refractivity contribution in [2.24, 2.45) is 0 Å². The van der Waals surface area contributed by atoms with E-state index in [1.165, 1.54) is 17.3 Å². The first-order valence-corrected chi connectivity index (χ1v) is 6.71. The fourth-order valence-corrected chi connectivity index (χ4v) is 1.92. The highest BCUT2D eigenvalue weighted by Crippen LogP contribution is 2.13. The third kappa shape index (κ3) is 5.06. The zero-order valence-electron chi connectivity index (χ0n) is 13.1. The van der Waals surface area contributed by atoms with Gasteiger partial charge in [0.15, 0.2) is 0 Å². The Hall–Kier alpha value is -2.03. The van der Waals surface area contributed by atoms with Crippen LogP contribution in [0.25, 0.3) is 0 Å². The first-order valence-electron chi connectivity index (χ1n) is 6.71. The number of likely N-dealkylation sites (N-methyl/N-ethyl adjacent to an activating group) is 2. The van der Waals surface area contributed by atoms with Crippen molar-refractivity contribution in [3.8, 4) is 0 Å². The zero-order valence-corrected chi connectivity index (χ0v) is 13.1. The highest BCUT2D eigenvalue weighted by Gasteiger charge is 2.19. The van der Waals surface area contributed by atoms with Crippen molar-refractivity contribution in [1.82, 2.24) is 24.7 Å². The maximum Gasteiger partial charge on any atom is 0.319 e. The minimum atomic E-state index is -2.67. The normalized spacial score (nSPS) is 12.5. The number of carbonyl (C=O) groups excluding carboxylic acids is 2. The van der Waals surface area contributed by atoms with Gasteiger partial charge in [-0.3, -0.25) is 19.1 Å². The van der Waals surface area contributed by atoms with Crippen molar-refractivity contribution >= 4 is 11.8 Å². The van der Waals surface area contributed by atoms with Gasteiger partial charge in [-0.15, -0.1) is 0 Å². The number of carbonyl (C=O) groups is 2. The minimum absolute atomic E-state index is 0.0266. The molecule has 1 heterocycles. The number of alkyl halides is 2. The molecule has 124 valence electrons. The molecular weight excluding hydrogens is 296 g/mol. The number of nitrogens with zero attached hydrogens (tertiary/aromatic N) is 4. The Kier molecular flexibility index (Phi) is 6.41. The molecule has 0 aliphatic carbocycles. The number of imidazole rings is 1. The number of amides is 2. The second-order valence-corrected chi connectivity index (χ2v) is 5.22. The molecule has 0 fully saturated rings. The van der Waals surface area contributed by atoms with E-state index in [0.717, 1.165) is 4.57 Å². The molecule has 9 heteroatoms. The van der Waals surface area contributed by atoms with Crippen LogP contribution in [0.5, 0.6) is 0 Å². The number of hydrogen-bond acceptors (Lipinski definition) is 4. The summed E-state index contributed by atoms with van der Waals surface area (Å²) in [5, 5.41) is 2.56. The molecule has 1 aromatic rings. The van der Waals surface area contributed by atoms with Crippen LogP contribution in [0.15, 0.2) is 12.4 Å². The summed E-state index contributed by atoms with van der Waals surface area (Å²) >= 11 is 0. The maximum absolute atomic E-state index is 12.7. The van der Waals surface area contributed by atoms with Crippen LogP contribution >= 0.6 is 0 Å². The second-order valence-electron chi connectivity index (χ2n) is 5.22. The fraction of sp³-hybridized carbons (Fsp3) is 0.615. The Morgan fingerprint density at radius 3 is 2.55 bits per heavy atom. The van der Waals surface area contributed by atoms with Gasteiger partial charge in [0.05, 0.1) is 13.1 Å². The standard InChI is InChI=1S/C13H21F2N5O2/c1-9(12(22)18(2)3)17-11(21)8-19(4)7-10-16-5-6-20(10)13(14)15/h5-6,9,13H,7-8H2,1-4H3,(H,17,21). The monoisotopic (exact) mass is 317 g/mol. The highest BCUT2D eigenvalue weighted by atomic mass is 19.3. The van der Waals surface area contributed by atoms with Gasteiger partial charge in [0.25, 0.3) is 0 Å². The lowest BCUT2D eigenvalue weighted by Crippen LogP contribution is -2.47. The van der Waals surface area contributed by atoms with E-state index in [1.54, 1.807) is 33.0 Å².